The molecule has 1 atom stereocenters. The van der Waals surface area contributed by atoms with Gasteiger partial charge in [-0.1, -0.05) is 41.9 Å². The molecule has 0 saturated carbocycles. The number of nitrogens with one attached hydrogen (secondary N) is 1. The average molecular weight is 386 g/mol. The number of phenols is 1. The van der Waals surface area contributed by atoms with Crippen LogP contribution in [0.4, 0.5) is 5.82 Å². The van der Waals surface area contributed by atoms with E-state index in [1.54, 1.807) is 29.1 Å². The summed E-state index contributed by atoms with van der Waals surface area (Å²) in [5, 5.41) is 17.8. The Morgan fingerprint density at radius 1 is 1.27 bits per heavy atom. The Labute approximate surface area is 160 Å². The van der Waals surface area contributed by atoms with Crippen LogP contribution in [0.1, 0.15) is 21.9 Å². The van der Waals surface area contributed by atoms with Crippen LogP contribution in [0, 0.1) is 0 Å². The SMILES string of the molecule is O=C1CS[C@H](c2cccc(O)c2)c2cnn(Cc3ccccc3Cl)c2N1. The number of hydrogen-bond acceptors (Lipinski definition) is 4. The van der Waals surface area contributed by atoms with Gasteiger partial charge >= 0.3 is 0 Å². The summed E-state index contributed by atoms with van der Waals surface area (Å²) < 4.78 is 1.76. The molecule has 0 unspecified atom stereocenters. The molecule has 0 radical (unpaired) electrons. The zero-order valence-electron chi connectivity index (χ0n) is 13.7. The van der Waals surface area contributed by atoms with Crippen LogP contribution in [0.25, 0.3) is 0 Å². The molecule has 2 N–H and O–H groups in total. The highest BCUT2D eigenvalue weighted by Crippen LogP contribution is 2.42. The standard InChI is InChI=1S/C19H16ClN3O2S/c20-16-7-2-1-4-13(16)10-23-19-15(9-21-23)18(26-11-17(25)22-19)12-5-3-6-14(24)8-12/h1-9,18,24H,10-11H2,(H,22,25)/t18-/m1/s1. The number of halogens is 1. The van der Waals surface area contributed by atoms with Crippen LogP contribution in [0.5, 0.6) is 5.75 Å². The van der Waals surface area contributed by atoms with Gasteiger partial charge in [0, 0.05) is 10.6 Å². The summed E-state index contributed by atoms with van der Waals surface area (Å²) in [6, 6.07) is 14.7. The summed E-state index contributed by atoms with van der Waals surface area (Å²) in [6.07, 6.45) is 1.78. The molecule has 3 aromatic rings. The van der Waals surface area contributed by atoms with E-state index in [0.29, 0.717) is 23.1 Å². The lowest BCUT2D eigenvalue weighted by Gasteiger charge is -2.14. The summed E-state index contributed by atoms with van der Waals surface area (Å²) in [6.45, 7) is 0.465. The normalized spacial score (nSPS) is 16.7. The van der Waals surface area contributed by atoms with E-state index < -0.39 is 0 Å². The third kappa shape index (κ3) is 3.30. The van der Waals surface area contributed by atoms with E-state index >= 15 is 0 Å². The molecule has 4 rings (SSSR count). The molecule has 5 nitrogen and oxygen atoms in total. The minimum absolute atomic E-state index is 0.0696. The number of rotatable bonds is 3. The van der Waals surface area contributed by atoms with Gasteiger partial charge in [0.1, 0.15) is 11.6 Å². The topological polar surface area (TPSA) is 67.1 Å². The van der Waals surface area contributed by atoms with Crippen molar-refractivity contribution in [2.75, 3.05) is 11.1 Å². The molecule has 0 aliphatic carbocycles. The molecule has 1 amide bonds. The van der Waals surface area contributed by atoms with Crippen molar-refractivity contribution in [3.63, 3.8) is 0 Å². The molecule has 1 aliphatic heterocycles. The van der Waals surface area contributed by atoms with E-state index in [4.69, 9.17) is 11.6 Å². The highest BCUT2D eigenvalue weighted by molar-refractivity contribution is 8.00. The van der Waals surface area contributed by atoms with Crippen LogP contribution in [-0.2, 0) is 11.3 Å². The molecule has 26 heavy (non-hydrogen) atoms. The van der Waals surface area contributed by atoms with Crippen LogP contribution in [0.3, 0.4) is 0 Å². The number of nitrogens with zero attached hydrogens (tertiary/aromatic N) is 2. The third-order valence-electron chi connectivity index (χ3n) is 4.24. The number of aromatic hydroxyl groups is 1. The van der Waals surface area contributed by atoms with Crippen molar-refractivity contribution in [1.29, 1.82) is 0 Å². The van der Waals surface area contributed by atoms with Crippen molar-refractivity contribution in [3.05, 3.63) is 76.4 Å². The summed E-state index contributed by atoms with van der Waals surface area (Å²) in [7, 11) is 0. The summed E-state index contributed by atoms with van der Waals surface area (Å²) in [5.74, 6) is 1.14. The molecule has 2 aromatic carbocycles. The molecule has 7 heteroatoms. The molecule has 2 heterocycles. The minimum Gasteiger partial charge on any atom is -0.508 e. The van der Waals surface area contributed by atoms with Crippen molar-refractivity contribution in [1.82, 2.24) is 9.78 Å². The molecule has 1 aliphatic rings. The van der Waals surface area contributed by atoms with Crippen molar-refractivity contribution < 1.29 is 9.90 Å². The summed E-state index contributed by atoms with van der Waals surface area (Å²) >= 11 is 7.78. The van der Waals surface area contributed by atoms with E-state index in [0.717, 1.165) is 16.7 Å². The first-order valence-corrected chi connectivity index (χ1v) is 9.54. The van der Waals surface area contributed by atoms with Crippen molar-refractivity contribution in [2.24, 2.45) is 0 Å². The molecule has 0 bridgehead atoms. The van der Waals surface area contributed by atoms with Gasteiger partial charge in [0.2, 0.25) is 5.91 Å². The van der Waals surface area contributed by atoms with Gasteiger partial charge in [0.05, 0.1) is 23.7 Å². The monoisotopic (exact) mass is 385 g/mol. The lowest BCUT2D eigenvalue weighted by molar-refractivity contribution is -0.113. The van der Waals surface area contributed by atoms with Gasteiger partial charge in [0.25, 0.3) is 0 Å². The summed E-state index contributed by atoms with van der Waals surface area (Å²) in [4.78, 5) is 12.2. The number of phenolic OH excluding ortho intramolecular Hbond substituents is 1. The van der Waals surface area contributed by atoms with Crippen molar-refractivity contribution in [2.45, 2.75) is 11.8 Å². The zero-order valence-corrected chi connectivity index (χ0v) is 15.3. The van der Waals surface area contributed by atoms with Crippen LogP contribution < -0.4 is 5.32 Å². The van der Waals surface area contributed by atoms with Crippen LogP contribution in [0.15, 0.2) is 54.7 Å². The van der Waals surface area contributed by atoms with Crippen LogP contribution >= 0.6 is 23.4 Å². The first-order chi connectivity index (χ1) is 12.6. The number of hydrogen-bond donors (Lipinski definition) is 2. The molecule has 0 saturated heterocycles. The van der Waals surface area contributed by atoms with Gasteiger partial charge in [-0.3, -0.25) is 4.79 Å². The van der Waals surface area contributed by atoms with Gasteiger partial charge < -0.3 is 10.4 Å². The van der Waals surface area contributed by atoms with E-state index in [1.807, 2.05) is 30.3 Å². The number of benzene rings is 2. The zero-order chi connectivity index (χ0) is 18.1. The Morgan fingerprint density at radius 3 is 2.92 bits per heavy atom. The predicted octanol–water partition coefficient (Wildman–Crippen LogP) is 4.07. The van der Waals surface area contributed by atoms with Gasteiger partial charge in [0.15, 0.2) is 0 Å². The van der Waals surface area contributed by atoms with Crippen molar-refractivity contribution >= 4 is 35.1 Å². The third-order valence-corrected chi connectivity index (χ3v) is 5.90. The maximum Gasteiger partial charge on any atom is 0.235 e. The largest absolute Gasteiger partial charge is 0.508 e. The fraction of sp³-hybridized carbons (Fsp3) is 0.158. The fourth-order valence-electron chi connectivity index (χ4n) is 3.02. The van der Waals surface area contributed by atoms with E-state index in [-0.39, 0.29) is 16.9 Å². The number of carbonyl (C=O) groups is 1. The van der Waals surface area contributed by atoms with Crippen molar-refractivity contribution in [3.8, 4) is 5.75 Å². The van der Waals surface area contributed by atoms with Gasteiger partial charge in [-0.2, -0.15) is 5.10 Å². The van der Waals surface area contributed by atoms with Gasteiger partial charge in [-0.25, -0.2) is 4.68 Å². The second-order valence-electron chi connectivity index (χ2n) is 6.03. The Balaban J connectivity index is 1.75. The highest BCUT2D eigenvalue weighted by Gasteiger charge is 2.28. The Morgan fingerprint density at radius 2 is 2.12 bits per heavy atom. The number of amides is 1. The lowest BCUT2D eigenvalue weighted by atomic mass is 10.1. The maximum atomic E-state index is 12.2. The van der Waals surface area contributed by atoms with Gasteiger partial charge in [-0.15, -0.1) is 11.8 Å². The minimum atomic E-state index is -0.0870. The van der Waals surface area contributed by atoms with E-state index in [9.17, 15) is 9.90 Å². The smallest absolute Gasteiger partial charge is 0.235 e. The number of anilines is 1. The molecular weight excluding hydrogens is 370 g/mol. The Bertz CT molecular complexity index is 973. The molecule has 0 fully saturated rings. The number of aromatic nitrogens is 2. The second kappa shape index (κ2) is 7.05. The number of carbonyl (C=O) groups excluding carboxylic acids is 1. The van der Waals surface area contributed by atoms with Crippen LogP contribution in [0.2, 0.25) is 5.02 Å². The Hall–Kier alpha value is -2.44. The lowest BCUT2D eigenvalue weighted by Crippen LogP contribution is -2.17. The molecule has 1 aromatic heterocycles. The highest BCUT2D eigenvalue weighted by atomic mass is 35.5. The average Bonchev–Trinajstić information content (AvgIpc) is 2.91. The first-order valence-electron chi connectivity index (χ1n) is 8.11. The fourth-order valence-corrected chi connectivity index (χ4v) is 4.29. The van der Waals surface area contributed by atoms with E-state index in [1.165, 1.54) is 11.8 Å². The number of thioether (sulfide) groups is 1. The first kappa shape index (κ1) is 17.0. The number of fused-ring (bicyclic) bond motifs is 1. The van der Waals surface area contributed by atoms with Gasteiger partial charge in [-0.05, 0) is 29.3 Å². The maximum absolute atomic E-state index is 12.2. The Kier molecular flexibility index (Phi) is 4.61. The van der Waals surface area contributed by atoms with E-state index in [2.05, 4.69) is 10.4 Å². The predicted molar refractivity (Wildman–Crippen MR) is 104 cm³/mol. The second-order valence-corrected chi connectivity index (χ2v) is 7.53. The quantitative estimate of drug-likeness (QED) is 0.713. The summed E-state index contributed by atoms with van der Waals surface area (Å²) in [5.41, 5.74) is 2.78. The molecular formula is C19H16ClN3O2S. The van der Waals surface area contributed by atoms with Crippen LogP contribution in [-0.4, -0.2) is 26.5 Å². The molecule has 132 valence electrons. The molecule has 0 spiro atoms.